The van der Waals surface area contributed by atoms with Gasteiger partial charge in [0.1, 0.15) is 5.01 Å². The third-order valence-corrected chi connectivity index (χ3v) is 6.06. The molecule has 3 heterocycles. The zero-order chi connectivity index (χ0) is 13.1. The number of aryl methyl sites for hydroxylation is 1. The van der Waals surface area contributed by atoms with Gasteiger partial charge in [-0.3, -0.25) is 0 Å². The summed E-state index contributed by atoms with van der Waals surface area (Å²) in [4.78, 5) is 4.52. The van der Waals surface area contributed by atoms with Gasteiger partial charge < -0.3 is 10.1 Å². The predicted octanol–water partition coefficient (Wildman–Crippen LogP) is 2.99. The molecule has 3 nitrogen and oxygen atoms in total. The van der Waals surface area contributed by atoms with Gasteiger partial charge in [0.25, 0.3) is 0 Å². The topological polar surface area (TPSA) is 34.1 Å². The zero-order valence-corrected chi connectivity index (χ0v) is 13.1. The number of ether oxygens (including phenoxy) is 1. The lowest BCUT2D eigenvalue weighted by Gasteiger charge is -2.43. The molecule has 5 heteroatoms. The fourth-order valence-corrected chi connectivity index (χ4v) is 4.97. The second-order valence-electron chi connectivity index (χ2n) is 5.60. The lowest BCUT2D eigenvalue weighted by atomic mass is 9.85. The number of aromatic nitrogens is 1. The smallest absolute Gasteiger partial charge is 0.107 e. The number of thiazole rings is 1. The van der Waals surface area contributed by atoms with Crippen LogP contribution in [0.15, 0.2) is 5.38 Å². The zero-order valence-electron chi connectivity index (χ0n) is 11.5. The van der Waals surface area contributed by atoms with E-state index in [2.05, 4.69) is 34.4 Å². The van der Waals surface area contributed by atoms with E-state index in [-0.39, 0.29) is 5.60 Å². The summed E-state index contributed by atoms with van der Waals surface area (Å²) >= 11 is 3.82. The van der Waals surface area contributed by atoms with Crippen LogP contribution in [-0.4, -0.2) is 34.7 Å². The van der Waals surface area contributed by atoms with Crippen LogP contribution in [0.5, 0.6) is 0 Å². The molecule has 0 saturated carbocycles. The van der Waals surface area contributed by atoms with Gasteiger partial charge in [0, 0.05) is 30.3 Å². The Morgan fingerprint density at radius 2 is 2.32 bits per heavy atom. The van der Waals surface area contributed by atoms with E-state index < -0.39 is 0 Å². The lowest BCUT2D eigenvalue weighted by molar-refractivity contribution is -0.0933. The molecule has 106 valence electrons. The van der Waals surface area contributed by atoms with Gasteiger partial charge in [0.05, 0.1) is 5.60 Å². The van der Waals surface area contributed by atoms with Gasteiger partial charge in [0.15, 0.2) is 0 Å². The average Bonchev–Trinajstić information content (AvgIpc) is 2.83. The highest BCUT2D eigenvalue weighted by molar-refractivity contribution is 7.99. The summed E-state index contributed by atoms with van der Waals surface area (Å²) in [7, 11) is 0. The van der Waals surface area contributed by atoms with Crippen molar-refractivity contribution in [2.45, 2.75) is 50.8 Å². The average molecular weight is 298 g/mol. The van der Waals surface area contributed by atoms with E-state index in [0.29, 0.717) is 6.04 Å². The number of thioether (sulfide) groups is 1. The Kier molecular flexibility index (Phi) is 4.47. The van der Waals surface area contributed by atoms with E-state index in [4.69, 9.17) is 4.74 Å². The van der Waals surface area contributed by atoms with Crippen molar-refractivity contribution in [1.29, 1.82) is 0 Å². The minimum Gasteiger partial charge on any atom is -0.375 e. The minimum absolute atomic E-state index is 0.181. The minimum atomic E-state index is 0.181. The third kappa shape index (κ3) is 3.51. The van der Waals surface area contributed by atoms with Gasteiger partial charge in [-0.15, -0.1) is 11.3 Å². The number of hydrogen-bond acceptors (Lipinski definition) is 5. The van der Waals surface area contributed by atoms with Crippen LogP contribution < -0.4 is 5.32 Å². The summed E-state index contributed by atoms with van der Waals surface area (Å²) in [6.07, 6.45) is 4.77. The largest absolute Gasteiger partial charge is 0.375 e. The fraction of sp³-hybridized carbons (Fsp3) is 0.786. The Balaban J connectivity index is 1.53. The van der Waals surface area contributed by atoms with Crippen molar-refractivity contribution in [3.63, 3.8) is 0 Å². The maximum atomic E-state index is 6.13. The van der Waals surface area contributed by atoms with Crippen molar-refractivity contribution in [1.82, 2.24) is 10.3 Å². The Labute approximate surface area is 123 Å². The van der Waals surface area contributed by atoms with Gasteiger partial charge >= 0.3 is 0 Å². The number of nitrogens with one attached hydrogen (secondary N) is 1. The van der Waals surface area contributed by atoms with Crippen LogP contribution in [0.3, 0.4) is 0 Å². The van der Waals surface area contributed by atoms with Crippen molar-refractivity contribution in [3.8, 4) is 0 Å². The molecule has 0 amide bonds. The third-order valence-electron chi connectivity index (χ3n) is 4.11. The molecular weight excluding hydrogens is 276 g/mol. The van der Waals surface area contributed by atoms with E-state index >= 15 is 0 Å². The van der Waals surface area contributed by atoms with E-state index in [1.165, 1.54) is 35.8 Å². The highest BCUT2D eigenvalue weighted by Crippen LogP contribution is 2.37. The fourth-order valence-electron chi connectivity index (χ4n) is 3.01. The van der Waals surface area contributed by atoms with Crippen LogP contribution in [0, 0.1) is 6.92 Å². The molecule has 2 aliphatic heterocycles. The predicted molar refractivity (Wildman–Crippen MR) is 82.0 cm³/mol. The van der Waals surface area contributed by atoms with Gasteiger partial charge in [-0.2, -0.15) is 11.8 Å². The molecule has 2 aliphatic rings. The molecule has 2 saturated heterocycles. The molecule has 0 aromatic carbocycles. The lowest BCUT2D eigenvalue weighted by Crippen LogP contribution is -2.48. The van der Waals surface area contributed by atoms with Gasteiger partial charge in [-0.05, 0) is 44.1 Å². The van der Waals surface area contributed by atoms with Gasteiger partial charge in [0.2, 0.25) is 0 Å². The monoisotopic (exact) mass is 298 g/mol. The van der Waals surface area contributed by atoms with Crippen LogP contribution in [0.25, 0.3) is 0 Å². The first-order valence-corrected chi connectivity index (χ1v) is 9.15. The van der Waals surface area contributed by atoms with Crippen molar-refractivity contribution in [2.75, 3.05) is 18.1 Å². The van der Waals surface area contributed by atoms with Crippen LogP contribution in [0.2, 0.25) is 0 Å². The van der Waals surface area contributed by atoms with E-state index in [1.807, 2.05) is 0 Å². The summed E-state index contributed by atoms with van der Waals surface area (Å²) < 4.78 is 6.13. The molecule has 1 N–H and O–H groups in total. The molecule has 1 atom stereocenters. The highest BCUT2D eigenvalue weighted by atomic mass is 32.2. The normalized spacial score (nSPS) is 26.7. The van der Waals surface area contributed by atoms with Crippen molar-refractivity contribution in [3.05, 3.63) is 16.1 Å². The number of rotatable bonds is 3. The molecule has 1 spiro atoms. The van der Waals surface area contributed by atoms with Gasteiger partial charge in [-0.1, -0.05) is 0 Å². The first-order chi connectivity index (χ1) is 9.26. The molecule has 1 aromatic rings. The molecule has 3 rings (SSSR count). The Morgan fingerprint density at radius 1 is 1.47 bits per heavy atom. The molecule has 0 radical (unpaired) electrons. The highest BCUT2D eigenvalue weighted by Gasteiger charge is 2.38. The maximum absolute atomic E-state index is 6.13. The van der Waals surface area contributed by atoms with E-state index in [0.717, 1.165) is 25.3 Å². The molecule has 0 aliphatic carbocycles. The van der Waals surface area contributed by atoms with E-state index in [9.17, 15) is 0 Å². The van der Waals surface area contributed by atoms with Crippen LogP contribution in [-0.2, 0) is 11.3 Å². The standard InChI is InChI=1S/C14H22N2OS2/c1-11-10-19-13(16-11)9-15-12-2-5-17-14(8-12)3-6-18-7-4-14/h10,12,15H,2-9H2,1H3. The van der Waals surface area contributed by atoms with Crippen molar-refractivity contribution in [2.24, 2.45) is 0 Å². The van der Waals surface area contributed by atoms with Crippen LogP contribution in [0.1, 0.15) is 36.4 Å². The molecule has 19 heavy (non-hydrogen) atoms. The second kappa shape index (κ2) is 6.12. The van der Waals surface area contributed by atoms with E-state index in [1.54, 1.807) is 11.3 Å². The summed E-state index contributed by atoms with van der Waals surface area (Å²) in [5, 5.41) is 7.02. The molecule has 2 fully saturated rings. The number of nitrogens with zero attached hydrogens (tertiary/aromatic N) is 1. The molecule has 1 aromatic heterocycles. The summed E-state index contributed by atoms with van der Waals surface area (Å²) in [5.74, 6) is 2.52. The summed E-state index contributed by atoms with van der Waals surface area (Å²) in [5.41, 5.74) is 1.31. The second-order valence-corrected chi connectivity index (χ2v) is 7.76. The Morgan fingerprint density at radius 3 is 3.05 bits per heavy atom. The maximum Gasteiger partial charge on any atom is 0.107 e. The van der Waals surface area contributed by atoms with Crippen LogP contribution >= 0.6 is 23.1 Å². The summed E-state index contributed by atoms with van der Waals surface area (Å²) in [6.45, 7) is 3.89. The first-order valence-electron chi connectivity index (χ1n) is 7.12. The summed E-state index contributed by atoms with van der Waals surface area (Å²) in [6, 6.07) is 0.598. The quantitative estimate of drug-likeness (QED) is 0.930. The SMILES string of the molecule is Cc1csc(CNC2CCOC3(CCSCC3)C2)n1. The Hall–Kier alpha value is -0.100. The van der Waals surface area contributed by atoms with Gasteiger partial charge in [-0.25, -0.2) is 4.98 Å². The molecule has 0 bridgehead atoms. The van der Waals surface area contributed by atoms with Crippen LogP contribution in [0.4, 0.5) is 0 Å². The molecule has 1 unspecified atom stereocenters. The first kappa shape index (κ1) is 13.9. The van der Waals surface area contributed by atoms with Crippen molar-refractivity contribution < 1.29 is 4.74 Å². The Bertz CT molecular complexity index is 410. The number of hydrogen-bond donors (Lipinski definition) is 1. The van der Waals surface area contributed by atoms with Crippen molar-refractivity contribution >= 4 is 23.1 Å². The molecular formula is C14H22N2OS2.